The molecular weight excluding hydrogens is 284 g/mol. The van der Waals surface area contributed by atoms with E-state index in [0.717, 1.165) is 44.1 Å². The van der Waals surface area contributed by atoms with E-state index in [4.69, 9.17) is 4.52 Å². The molecule has 2 aromatic rings. The molecule has 1 aliphatic heterocycles. The highest BCUT2D eigenvalue weighted by molar-refractivity contribution is 7.08. The second-order valence-electron chi connectivity index (χ2n) is 5.48. The third-order valence-electron chi connectivity index (χ3n) is 3.92. The minimum atomic E-state index is 0.627. The number of nitrogens with zero attached hydrogens (tertiary/aromatic N) is 3. The summed E-state index contributed by atoms with van der Waals surface area (Å²) in [6.45, 7) is 6.28. The van der Waals surface area contributed by atoms with E-state index in [1.807, 2.05) is 16.8 Å². The van der Waals surface area contributed by atoms with Crippen molar-refractivity contribution in [3.8, 4) is 11.4 Å². The lowest BCUT2D eigenvalue weighted by molar-refractivity contribution is 0.137. The number of nitrogens with one attached hydrogen (secondary N) is 1. The maximum absolute atomic E-state index is 5.44. The molecule has 1 fully saturated rings. The summed E-state index contributed by atoms with van der Waals surface area (Å²) in [6, 6.07) is 2.65. The Kier molecular flexibility index (Phi) is 5.00. The summed E-state index contributed by atoms with van der Waals surface area (Å²) in [5, 5.41) is 11.6. The Labute approximate surface area is 129 Å². The van der Waals surface area contributed by atoms with Crippen molar-refractivity contribution < 1.29 is 4.52 Å². The summed E-state index contributed by atoms with van der Waals surface area (Å²) in [4.78, 5) is 7.03. The van der Waals surface area contributed by atoms with Crippen LogP contribution in [-0.2, 0) is 6.54 Å². The van der Waals surface area contributed by atoms with E-state index in [-0.39, 0.29) is 0 Å². The van der Waals surface area contributed by atoms with Crippen LogP contribution in [0.25, 0.3) is 11.4 Å². The number of hydrogen-bond acceptors (Lipinski definition) is 6. The summed E-state index contributed by atoms with van der Waals surface area (Å²) >= 11 is 1.65. The molecule has 114 valence electrons. The maximum Gasteiger partial charge on any atom is 0.241 e. The van der Waals surface area contributed by atoms with Crippen LogP contribution in [0.2, 0.25) is 0 Å². The number of thiophene rings is 1. The van der Waals surface area contributed by atoms with Crippen molar-refractivity contribution in [3.63, 3.8) is 0 Å². The second-order valence-corrected chi connectivity index (χ2v) is 6.26. The molecule has 0 radical (unpaired) electrons. The van der Waals surface area contributed by atoms with Gasteiger partial charge >= 0.3 is 0 Å². The molecule has 0 aromatic carbocycles. The van der Waals surface area contributed by atoms with Gasteiger partial charge in [0.2, 0.25) is 11.7 Å². The van der Waals surface area contributed by atoms with Crippen LogP contribution >= 0.6 is 11.3 Å². The molecule has 0 atom stereocenters. The highest BCUT2D eigenvalue weighted by Gasteiger charge is 2.22. The van der Waals surface area contributed by atoms with Crippen molar-refractivity contribution in [3.05, 3.63) is 22.7 Å². The molecule has 1 N–H and O–H groups in total. The van der Waals surface area contributed by atoms with Crippen LogP contribution in [0.4, 0.5) is 0 Å². The average Bonchev–Trinajstić information content (AvgIpc) is 3.19. The fraction of sp³-hybridized carbons (Fsp3) is 0.600. The first-order valence-electron chi connectivity index (χ1n) is 7.66. The van der Waals surface area contributed by atoms with Crippen molar-refractivity contribution in [1.82, 2.24) is 20.4 Å². The Morgan fingerprint density at radius 2 is 2.29 bits per heavy atom. The third-order valence-corrected chi connectivity index (χ3v) is 4.60. The van der Waals surface area contributed by atoms with E-state index in [9.17, 15) is 0 Å². The van der Waals surface area contributed by atoms with Gasteiger partial charge in [0.15, 0.2) is 0 Å². The zero-order chi connectivity index (χ0) is 14.5. The van der Waals surface area contributed by atoms with Gasteiger partial charge in [0.1, 0.15) is 0 Å². The highest BCUT2D eigenvalue weighted by atomic mass is 32.1. The zero-order valence-corrected chi connectivity index (χ0v) is 13.2. The number of hydrogen-bond donors (Lipinski definition) is 1. The minimum absolute atomic E-state index is 0.627. The van der Waals surface area contributed by atoms with Crippen LogP contribution < -0.4 is 5.32 Å². The predicted molar refractivity (Wildman–Crippen MR) is 84.2 cm³/mol. The molecule has 2 aromatic heterocycles. The molecule has 0 aliphatic carbocycles. The predicted octanol–water partition coefficient (Wildman–Crippen LogP) is 2.76. The summed E-state index contributed by atoms with van der Waals surface area (Å²) < 4.78 is 5.44. The SMILES string of the molecule is CCCN(Cc1nc(-c2ccsc2)no1)C1CCNCC1. The molecule has 21 heavy (non-hydrogen) atoms. The third kappa shape index (κ3) is 3.70. The van der Waals surface area contributed by atoms with Gasteiger partial charge in [-0.1, -0.05) is 12.1 Å². The average molecular weight is 306 g/mol. The second kappa shape index (κ2) is 7.15. The van der Waals surface area contributed by atoms with Gasteiger partial charge in [-0.25, -0.2) is 0 Å². The van der Waals surface area contributed by atoms with Gasteiger partial charge in [-0.15, -0.1) is 0 Å². The van der Waals surface area contributed by atoms with Crippen molar-refractivity contribution in [2.45, 2.75) is 38.8 Å². The Hall–Kier alpha value is -1.24. The van der Waals surface area contributed by atoms with Gasteiger partial charge in [-0.2, -0.15) is 16.3 Å². The largest absolute Gasteiger partial charge is 0.338 e. The normalized spacial score (nSPS) is 16.7. The number of piperidine rings is 1. The molecule has 3 heterocycles. The highest BCUT2D eigenvalue weighted by Crippen LogP contribution is 2.20. The lowest BCUT2D eigenvalue weighted by Crippen LogP contribution is -2.43. The monoisotopic (exact) mass is 306 g/mol. The number of aromatic nitrogens is 2. The van der Waals surface area contributed by atoms with Gasteiger partial charge in [0.05, 0.1) is 6.54 Å². The lowest BCUT2D eigenvalue weighted by atomic mass is 10.0. The Morgan fingerprint density at radius 1 is 1.43 bits per heavy atom. The van der Waals surface area contributed by atoms with E-state index in [2.05, 4.69) is 27.3 Å². The molecular formula is C15H22N4OS. The maximum atomic E-state index is 5.44. The summed E-state index contributed by atoms with van der Waals surface area (Å²) in [5.41, 5.74) is 1.04. The molecule has 0 unspecified atom stereocenters. The first-order chi connectivity index (χ1) is 10.4. The summed E-state index contributed by atoms with van der Waals surface area (Å²) in [6.07, 6.45) is 3.55. The molecule has 3 rings (SSSR count). The topological polar surface area (TPSA) is 54.2 Å². The Balaban J connectivity index is 1.67. The van der Waals surface area contributed by atoms with Crippen LogP contribution in [0.5, 0.6) is 0 Å². The first-order valence-corrected chi connectivity index (χ1v) is 8.61. The minimum Gasteiger partial charge on any atom is -0.338 e. The van der Waals surface area contributed by atoms with E-state index >= 15 is 0 Å². The van der Waals surface area contributed by atoms with Gasteiger partial charge in [-0.05, 0) is 50.3 Å². The van der Waals surface area contributed by atoms with Crippen molar-refractivity contribution in [1.29, 1.82) is 0 Å². The lowest BCUT2D eigenvalue weighted by Gasteiger charge is -2.33. The van der Waals surface area contributed by atoms with Crippen LogP contribution in [0, 0.1) is 0 Å². The van der Waals surface area contributed by atoms with Gasteiger partial charge in [-0.3, -0.25) is 4.90 Å². The van der Waals surface area contributed by atoms with E-state index in [1.165, 1.54) is 12.8 Å². The van der Waals surface area contributed by atoms with Gasteiger partial charge in [0, 0.05) is 17.0 Å². The molecule has 1 aliphatic rings. The summed E-state index contributed by atoms with van der Waals surface area (Å²) in [7, 11) is 0. The van der Waals surface area contributed by atoms with Crippen molar-refractivity contribution in [2.24, 2.45) is 0 Å². The number of rotatable bonds is 6. The fourth-order valence-electron chi connectivity index (χ4n) is 2.85. The molecule has 5 nitrogen and oxygen atoms in total. The summed E-state index contributed by atoms with van der Waals surface area (Å²) in [5.74, 6) is 1.43. The van der Waals surface area contributed by atoms with Crippen molar-refractivity contribution in [2.75, 3.05) is 19.6 Å². The van der Waals surface area contributed by atoms with Crippen LogP contribution in [0.15, 0.2) is 21.3 Å². The quantitative estimate of drug-likeness (QED) is 0.889. The van der Waals surface area contributed by atoms with Crippen LogP contribution in [0.1, 0.15) is 32.1 Å². The molecule has 0 spiro atoms. The van der Waals surface area contributed by atoms with E-state index < -0.39 is 0 Å². The van der Waals surface area contributed by atoms with Crippen LogP contribution in [0.3, 0.4) is 0 Å². The first kappa shape index (κ1) is 14.7. The standard InChI is InChI=1S/C15H22N4OS/c1-2-8-19(13-3-6-16-7-4-13)10-14-17-15(18-20-14)12-5-9-21-11-12/h5,9,11,13,16H,2-4,6-8,10H2,1H3. The smallest absolute Gasteiger partial charge is 0.241 e. The fourth-order valence-corrected chi connectivity index (χ4v) is 3.49. The Bertz CT molecular complexity index is 534. The van der Waals surface area contributed by atoms with Crippen LogP contribution in [-0.4, -0.2) is 40.7 Å². The molecule has 0 saturated carbocycles. The molecule has 1 saturated heterocycles. The molecule has 0 bridgehead atoms. The Morgan fingerprint density at radius 3 is 3.00 bits per heavy atom. The van der Waals surface area contributed by atoms with E-state index in [1.54, 1.807) is 11.3 Å². The molecule has 6 heteroatoms. The van der Waals surface area contributed by atoms with Gasteiger partial charge in [0.25, 0.3) is 0 Å². The molecule has 0 amide bonds. The van der Waals surface area contributed by atoms with E-state index in [0.29, 0.717) is 11.9 Å². The van der Waals surface area contributed by atoms with Gasteiger partial charge < -0.3 is 9.84 Å². The zero-order valence-electron chi connectivity index (χ0n) is 12.4. The van der Waals surface area contributed by atoms with Crippen molar-refractivity contribution >= 4 is 11.3 Å².